The summed E-state index contributed by atoms with van der Waals surface area (Å²) in [5.41, 5.74) is -0.726. The zero-order valence-corrected chi connectivity index (χ0v) is 8.55. The fourth-order valence-electron chi connectivity index (χ4n) is 1.49. The highest BCUT2D eigenvalue weighted by Gasteiger charge is 2.58. The van der Waals surface area contributed by atoms with Crippen LogP contribution < -0.4 is 0 Å². The predicted molar refractivity (Wildman–Crippen MR) is 47.5 cm³/mol. The second-order valence-electron chi connectivity index (χ2n) is 4.52. The maximum atomic E-state index is 12.6. The molecule has 1 N–H and O–H groups in total. The van der Waals surface area contributed by atoms with E-state index in [0.717, 1.165) is 4.90 Å². The number of rotatable bonds is 3. The van der Waals surface area contributed by atoms with Crippen LogP contribution in [0.2, 0.25) is 0 Å². The first-order valence-corrected chi connectivity index (χ1v) is 4.51. The summed E-state index contributed by atoms with van der Waals surface area (Å²) in [4.78, 5) is 11.7. The van der Waals surface area contributed by atoms with Gasteiger partial charge in [0, 0.05) is 24.9 Å². The lowest BCUT2D eigenvalue weighted by Gasteiger charge is -2.33. The van der Waals surface area contributed by atoms with Crippen LogP contribution in [-0.4, -0.2) is 34.6 Å². The largest absolute Gasteiger partial charge is 0.465 e. The van der Waals surface area contributed by atoms with Gasteiger partial charge in [-0.15, -0.1) is 0 Å². The molecule has 0 bridgehead atoms. The number of carboxylic acid groups (broad SMARTS) is 1. The van der Waals surface area contributed by atoms with E-state index < -0.39 is 23.5 Å². The minimum atomic E-state index is -2.57. The molecule has 1 fully saturated rings. The van der Waals surface area contributed by atoms with Gasteiger partial charge in [0.2, 0.25) is 0 Å². The molecule has 5 heteroatoms. The summed E-state index contributed by atoms with van der Waals surface area (Å²) in [5.74, 6) is -3.23. The van der Waals surface area contributed by atoms with Gasteiger partial charge in [0.25, 0.3) is 5.92 Å². The first-order valence-electron chi connectivity index (χ1n) is 4.51. The maximum absolute atomic E-state index is 12.6. The molecule has 0 radical (unpaired) electrons. The Morgan fingerprint density at radius 1 is 1.64 bits per heavy atom. The highest BCUT2D eigenvalue weighted by atomic mass is 19.3. The second kappa shape index (κ2) is 3.07. The molecule has 1 amide bonds. The molecule has 0 aromatic carbocycles. The van der Waals surface area contributed by atoms with Gasteiger partial charge in [-0.25, -0.2) is 13.6 Å². The number of nitrogens with zero attached hydrogens (tertiary/aromatic N) is 1. The van der Waals surface area contributed by atoms with E-state index in [1.54, 1.807) is 13.8 Å². The minimum Gasteiger partial charge on any atom is -0.465 e. The quantitative estimate of drug-likeness (QED) is 0.772. The maximum Gasteiger partial charge on any atom is 0.407 e. The highest BCUT2D eigenvalue weighted by Crippen LogP contribution is 2.52. The minimum absolute atomic E-state index is 0.107. The molecule has 0 aromatic rings. The Kier molecular flexibility index (Phi) is 2.46. The normalized spacial score (nSPS) is 24.5. The zero-order valence-electron chi connectivity index (χ0n) is 8.55. The van der Waals surface area contributed by atoms with Crippen LogP contribution in [0.25, 0.3) is 0 Å². The number of halogens is 2. The molecule has 1 unspecified atom stereocenters. The van der Waals surface area contributed by atoms with Crippen molar-refractivity contribution in [2.24, 2.45) is 5.92 Å². The van der Waals surface area contributed by atoms with Gasteiger partial charge in [-0.05, 0) is 20.3 Å². The number of amides is 1. The summed E-state index contributed by atoms with van der Waals surface area (Å²) in [6.45, 7) is 3.32. The van der Waals surface area contributed by atoms with Gasteiger partial charge >= 0.3 is 6.09 Å². The van der Waals surface area contributed by atoms with Gasteiger partial charge in [0.1, 0.15) is 0 Å². The molecule has 0 aliphatic heterocycles. The van der Waals surface area contributed by atoms with Crippen LogP contribution in [0.5, 0.6) is 0 Å². The van der Waals surface area contributed by atoms with Crippen molar-refractivity contribution in [1.82, 2.24) is 4.90 Å². The van der Waals surface area contributed by atoms with Crippen LogP contribution in [0.3, 0.4) is 0 Å². The average Bonchev–Trinajstić information content (AvgIpc) is 2.55. The van der Waals surface area contributed by atoms with E-state index in [1.807, 2.05) is 0 Å². The number of hydrogen-bond donors (Lipinski definition) is 1. The van der Waals surface area contributed by atoms with Gasteiger partial charge < -0.3 is 10.0 Å². The van der Waals surface area contributed by atoms with Gasteiger partial charge in [-0.2, -0.15) is 0 Å². The van der Waals surface area contributed by atoms with Crippen molar-refractivity contribution in [3.8, 4) is 0 Å². The topological polar surface area (TPSA) is 40.5 Å². The van der Waals surface area contributed by atoms with Crippen LogP contribution in [0.1, 0.15) is 26.7 Å². The lowest BCUT2D eigenvalue weighted by molar-refractivity contribution is 0.0680. The number of carbonyl (C=O) groups is 1. The number of hydrogen-bond acceptors (Lipinski definition) is 1. The van der Waals surface area contributed by atoms with E-state index in [0.29, 0.717) is 0 Å². The van der Waals surface area contributed by atoms with E-state index in [4.69, 9.17) is 5.11 Å². The Hall–Kier alpha value is -0.870. The molecular weight excluding hydrogens is 192 g/mol. The Bertz CT molecular complexity index is 253. The van der Waals surface area contributed by atoms with E-state index in [2.05, 4.69) is 0 Å². The van der Waals surface area contributed by atoms with E-state index >= 15 is 0 Å². The fraction of sp³-hybridized carbons (Fsp3) is 0.889. The lowest BCUT2D eigenvalue weighted by atomic mass is 9.96. The van der Waals surface area contributed by atoms with Crippen molar-refractivity contribution in [1.29, 1.82) is 0 Å². The molecule has 1 aliphatic carbocycles. The van der Waals surface area contributed by atoms with Crippen molar-refractivity contribution in [2.45, 2.75) is 38.2 Å². The number of alkyl halides is 2. The molecule has 3 nitrogen and oxygen atoms in total. The Morgan fingerprint density at radius 2 is 2.07 bits per heavy atom. The van der Waals surface area contributed by atoms with Crippen LogP contribution in [0, 0.1) is 5.92 Å². The molecule has 1 aliphatic rings. The first kappa shape index (κ1) is 11.2. The summed E-state index contributed by atoms with van der Waals surface area (Å²) in [7, 11) is 1.41. The van der Waals surface area contributed by atoms with Crippen LogP contribution in [0.4, 0.5) is 13.6 Å². The molecule has 1 rings (SSSR count). The first-order chi connectivity index (χ1) is 6.17. The Balaban J connectivity index is 2.54. The Morgan fingerprint density at radius 3 is 2.36 bits per heavy atom. The molecule has 82 valence electrons. The summed E-state index contributed by atoms with van der Waals surface area (Å²) >= 11 is 0. The van der Waals surface area contributed by atoms with Gasteiger partial charge in [-0.3, -0.25) is 0 Å². The van der Waals surface area contributed by atoms with Crippen molar-refractivity contribution < 1.29 is 18.7 Å². The van der Waals surface area contributed by atoms with Crippen molar-refractivity contribution in [3.05, 3.63) is 0 Å². The van der Waals surface area contributed by atoms with Crippen LogP contribution in [-0.2, 0) is 0 Å². The molecule has 14 heavy (non-hydrogen) atoms. The average molecular weight is 207 g/mol. The van der Waals surface area contributed by atoms with E-state index in [-0.39, 0.29) is 12.8 Å². The summed E-state index contributed by atoms with van der Waals surface area (Å²) in [6, 6.07) is 0. The lowest BCUT2D eigenvalue weighted by Crippen LogP contribution is -2.44. The van der Waals surface area contributed by atoms with E-state index in [1.165, 1.54) is 7.05 Å². The summed E-state index contributed by atoms with van der Waals surface area (Å²) < 4.78 is 25.3. The molecule has 1 atom stereocenters. The van der Waals surface area contributed by atoms with Crippen LogP contribution in [0.15, 0.2) is 0 Å². The third-order valence-corrected chi connectivity index (χ3v) is 2.90. The van der Waals surface area contributed by atoms with Gasteiger partial charge in [0.15, 0.2) is 0 Å². The van der Waals surface area contributed by atoms with Crippen molar-refractivity contribution in [2.75, 3.05) is 7.05 Å². The molecule has 0 heterocycles. The molecular formula is C9H15F2NO2. The monoisotopic (exact) mass is 207 g/mol. The molecule has 0 spiro atoms. The molecule has 0 aromatic heterocycles. The zero-order chi connectivity index (χ0) is 11.1. The van der Waals surface area contributed by atoms with E-state index in [9.17, 15) is 13.6 Å². The SMILES string of the molecule is CN(C(=O)O)C(C)(C)CC1CC1(F)F. The predicted octanol–water partition coefficient (Wildman–Crippen LogP) is 2.42. The van der Waals surface area contributed by atoms with Crippen molar-refractivity contribution >= 4 is 6.09 Å². The highest BCUT2D eigenvalue weighted by molar-refractivity contribution is 5.65. The van der Waals surface area contributed by atoms with Gasteiger partial charge in [-0.1, -0.05) is 0 Å². The molecule has 1 saturated carbocycles. The van der Waals surface area contributed by atoms with Crippen LogP contribution >= 0.6 is 0 Å². The van der Waals surface area contributed by atoms with Gasteiger partial charge in [0.05, 0.1) is 0 Å². The third-order valence-electron chi connectivity index (χ3n) is 2.90. The Labute approximate surface area is 81.7 Å². The molecule has 0 saturated heterocycles. The fourth-order valence-corrected chi connectivity index (χ4v) is 1.49. The second-order valence-corrected chi connectivity index (χ2v) is 4.52. The third kappa shape index (κ3) is 2.13. The van der Waals surface area contributed by atoms with Crippen molar-refractivity contribution in [3.63, 3.8) is 0 Å². The standard InChI is InChI=1S/C9H15F2NO2/c1-8(2,12(3)7(13)14)4-6-5-9(6,10)11/h6H,4-5H2,1-3H3,(H,13,14). The summed E-state index contributed by atoms with van der Waals surface area (Å²) in [5, 5.41) is 8.72. The summed E-state index contributed by atoms with van der Waals surface area (Å²) in [6.07, 6.45) is -0.980. The smallest absolute Gasteiger partial charge is 0.407 e.